The smallest absolute Gasteiger partial charge is 0.228 e. The molecular weight excluding hydrogens is 246 g/mol. The number of rotatable bonds is 5. The van der Waals surface area contributed by atoms with Crippen LogP contribution in [0, 0.1) is 0 Å². The molecule has 0 aliphatic rings. The van der Waals surface area contributed by atoms with Crippen molar-refractivity contribution >= 4 is 27.8 Å². The number of hydrogen-bond donors (Lipinski definition) is 2. The summed E-state index contributed by atoms with van der Waals surface area (Å²) in [6.07, 6.45) is 1.74. The second kappa shape index (κ2) is 5.54. The van der Waals surface area contributed by atoms with Gasteiger partial charge < -0.3 is 10.6 Å². The van der Waals surface area contributed by atoms with Crippen LogP contribution in [0.25, 0.3) is 0 Å². The molecule has 0 saturated heterocycles. The third-order valence-corrected chi connectivity index (χ3v) is 1.70. The molecule has 0 unspecified atom stereocenters. The fourth-order valence-corrected chi connectivity index (χ4v) is 1.17. The minimum atomic E-state index is 0.509. The van der Waals surface area contributed by atoms with Crippen molar-refractivity contribution in [3.05, 3.63) is 17.4 Å². The molecule has 0 atom stereocenters. The molecular formula is C8H12BrN5. The number of aromatic nitrogens is 3. The van der Waals surface area contributed by atoms with Crippen LogP contribution in [-0.2, 0) is 0 Å². The van der Waals surface area contributed by atoms with E-state index in [1.54, 1.807) is 6.08 Å². The lowest BCUT2D eigenvalue weighted by Gasteiger charge is -2.05. The third-order valence-electron chi connectivity index (χ3n) is 1.35. The zero-order valence-electron chi connectivity index (χ0n) is 7.92. The lowest BCUT2D eigenvalue weighted by Crippen LogP contribution is -2.08. The van der Waals surface area contributed by atoms with E-state index in [9.17, 15) is 0 Å². The summed E-state index contributed by atoms with van der Waals surface area (Å²) >= 11 is 3.21. The first kappa shape index (κ1) is 10.9. The maximum Gasteiger partial charge on any atom is 0.228 e. The summed E-state index contributed by atoms with van der Waals surface area (Å²) in [5.41, 5.74) is 0. The molecule has 0 fully saturated rings. The van der Waals surface area contributed by atoms with Crippen molar-refractivity contribution < 1.29 is 0 Å². The number of halogens is 1. The first-order valence-electron chi connectivity index (χ1n) is 4.26. The summed E-state index contributed by atoms with van der Waals surface area (Å²) in [5.74, 6) is 1.09. The Bertz CT molecular complexity index is 315. The van der Waals surface area contributed by atoms with Crippen LogP contribution in [-0.4, -0.2) is 28.0 Å². The maximum atomic E-state index is 4.14. The van der Waals surface area contributed by atoms with Gasteiger partial charge in [-0.25, -0.2) is 0 Å². The summed E-state index contributed by atoms with van der Waals surface area (Å²) in [6, 6.07) is 0. The molecule has 0 aliphatic heterocycles. The topological polar surface area (TPSA) is 62.7 Å². The van der Waals surface area contributed by atoms with E-state index in [0.717, 1.165) is 6.54 Å². The van der Waals surface area contributed by atoms with E-state index >= 15 is 0 Å². The Morgan fingerprint density at radius 1 is 1.29 bits per heavy atom. The minimum Gasteiger partial charge on any atom is -0.354 e. The first-order chi connectivity index (χ1) is 6.76. The molecule has 6 heteroatoms. The lowest BCUT2D eigenvalue weighted by atomic mass is 10.6. The molecule has 1 heterocycles. The molecule has 0 spiro atoms. The van der Waals surface area contributed by atoms with E-state index in [-0.39, 0.29) is 0 Å². The van der Waals surface area contributed by atoms with E-state index < -0.39 is 0 Å². The number of hydrogen-bond acceptors (Lipinski definition) is 5. The molecule has 76 valence electrons. The van der Waals surface area contributed by atoms with Crippen molar-refractivity contribution in [1.29, 1.82) is 0 Å². The second-order valence-corrected chi connectivity index (χ2v) is 3.16. The zero-order valence-corrected chi connectivity index (χ0v) is 9.50. The monoisotopic (exact) mass is 257 g/mol. The molecule has 1 aromatic heterocycles. The van der Waals surface area contributed by atoms with Gasteiger partial charge in [0, 0.05) is 13.1 Å². The van der Waals surface area contributed by atoms with Crippen LogP contribution in [0.15, 0.2) is 17.4 Å². The lowest BCUT2D eigenvalue weighted by molar-refractivity contribution is 0.983. The van der Waals surface area contributed by atoms with Crippen LogP contribution in [0.1, 0.15) is 6.92 Å². The van der Waals surface area contributed by atoms with Gasteiger partial charge in [0.2, 0.25) is 16.6 Å². The van der Waals surface area contributed by atoms with Crippen molar-refractivity contribution in [3.63, 3.8) is 0 Å². The number of nitrogens with zero attached hydrogens (tertiary/aromatic N) is 3. The number of nitrogens with one attached hydrogen (secondary N) is 2. The van der Waals surface area contributed by atoms with Crippen LogP contribution in [0.2, 0.25) is 0 Å². The van der Waals surface area contributed by atoms with E-state index in [1.165, 1.54) is 0 Å². The van der Waals surface area contributed by atoms with Crippen molar-refractivity contribution in [2.75, 3.05) is 23.7 Å². The van der Waals surface area contributed by atoms with E-state index in [0.29, 0.717) is 23.2 Å². The third kappa shape index (κ3) is 3.29. The van der Waals surface area contributed by atoms with Crippen molar-refractivity contribution in [2.45, 2.75) is 6.92 Å². The molecule has 0 amide bonds. The molecule has 0 bridgehead atoms. The van der Waals surface area contributed by atoms with E-state index in [1.807, 2.05) is 6.92 Å². The van der Waals surface area contributed by atoms with Gasteiger partial charge in [0.05, 0.1) is 0 Å². The molecule has 1 rings (SSSR count). The Morgan fingerprint density at radius 2 is 1.93 bits per heavy atom. The number of anilines is 2. The van der Waals surface area contributed by atoms with Gasteiger partial charge >= 0.3 is 0 Å². The molecule has 0 saturated carbocycles. The predicted molar refractivity (Wildman–Crippen MR) is 60.4 cm³/mol. The summed E-state index contributed by atoms with van der Waals surface area (Å²) in [5, 5.41) is 5.99. The van der Waals surface area contributed by atoms with Crippen LogP contribution in [0.3, 0.4) is 0 Å². The average molecular weight is 258 g/mol. The standard InChI is InChI=1S/C8H12BrN5/c1-3-5-11-8-13-6(9)12-7(14-8)10-4-2/h3H,1,4-5H2,2H3,(H2,10,11,12,13,14). The molecule has 5 nitrogen and oxygen atoms in total. The van der Waals surface area contributed by atoms with Crippen molar-refractivity contribution in [3.8, 4) is 0 Å². The summed E-state index contributed by atoms with van der Waals surface area (Å²) in [4.78, 5) is 12.2. The van der Waals surface area contributed by atoms with Crippen LogP contribution in [0.5, 0.6) is 0 Å². The highest BCUT2D eigenvalue weighted by molar-refractivity contribution is 9.10. The minimum absolute atomic E-state index is 0.509. The Balaban J connectivity index is 2.77. The highest BCUT2D eigenvalue weighted by Crippen LogP contribution is 2.09. The maximum absolute atomic E-state index is 4.14. The molecule has 0 aliphatic carbocycles. The Hall–Kier alpha value is -1.17. The highest BCUT2D eigenvalue weighted by atomic mass is 79.9. The first-order valence-corrected chi connectivity index (χ1v) is 5.05. The molecule has 0 radical (unpaired) electrons. The van der Waals surface area contributed by atoms with Crippen molar-refractivity contribution in [2.24, 2.45) is 0 Å². The van der Waals surface area contributed by atoms with E-state index in [4.69, 9.17) is 0 Å². The van der Waals surface area contributed by atoms with Crippen LogP contribution in [0.4, 0.5) is 11.9 Å². The SMILES string of the molecule is C=CCNc1nc(Br)nc(NCC)n1. The van der Waals surface area contributed by atoms with Gasteiger partial charge in [-0.15, -0.1) is 6.58 Å². The molecule has 1 aromatic rings. The zero-order chi connectivity index (χ0) is 10.4. The van der Waals surface area contributed by atoms with Crippen molar-refractivity contribution in [1.82, 2.24) is 15.0 Å². The quantitative estimate of drug-likeness (QED) is 0.786. The summed E-state index contributed by atoms with van der Waals surface area (Å²) in [7, 11) is 0. The van der Waals surface area contributed by atoms with Gasteiger partial charge in [-0.3, -0.25) is 0 Å². The fourth-order valence-electron chi connectivity index (χ4n) is 0.830. The predicted octanol–water partition coefficient (Wildman–Crippen LogP) is 1.66. The van der Waals surface area contributed by atoms with Gasteiger partial charge in [-0.1, -0.05) is 6.08 Å². The summed E-state index contributed by atoms with van der Waals surface area (Å²) in [6.45, 7) is 6.98. The Labute approximate surface area is 91.2 Å². The van der Waals surface area contributed by atoms with E-state index in [2.05, 4.69) is 48.1 Å². The summed E-state index contributed by atoms with van der Waals surface area (Å²) < 4.78 is 0.509. The van der Waals surface area contributed by atoms with Gasteiger partial charge in [0.25, 0.3) is 0 Å². The largest absolute Gasteiger partial charge is 0.354 e. The molecule has 2 N–H and O–H groups in total. The Morgan fingerprint density at radius 3 is 2.50 bits per heavy atom. The normalized spacial score (nSPS) is 9.57. The molecule has 14 heavy (non-hydrogen) atoms. The van der Waals surface area contributed by atoms with Crippen LogP contribution >= 0.6 is 15.9 Å². The average Bonchev–Trinajstić information content (AvgIpc) is 2.14. The van der Waals surface area contributed by atoms with Gasteiger partial charge in [0.15, 0.2) is 0 Å². The van der Waals surface area contributed by atoms with Gasteiger partial charge in [-0.05, 0) is 22.9 Å². The second-order valence-electron chi connectivity index (χ2n) is 2.45. The fraction of sp³-hybridized carbons (Fsp3) is 0.375. The van der Waals surface area contributed by atoms with Gasteiger partial charge in [0.1, 0.15) is 0 Å². The van der Waals surface area contributed by atoms with Gasteiger partial charge in [-0.2, -0.15) is 15.0 Å². The Kier molecular flexibility index (Phi) is 4.31. The van der Waals surface area contributed by atoms with Crippen LogP contribution < -0.4 is 10.6 Å². The molecule has 0 aromatic carbocycles. The highest BCUT2D eigenvalue weighted by Gasteiger charge is 2.01.